The van der Waals surface area contributed by atoms with Crippen LogP contribution in [0, 0.1) is 0 Å². The fourth-order valence-electron chi connectivity index (χ4n) is 2.16. The molecular formula is C14H21N5. The lowest BCUT2D eigenvalue weighted by Gasteiger charge is -2.20. The number of aryl methyl sites for hydroxylation is 2. The van der Waals surface area contributed by atoms with Crippen LogP contribution in [-0.2, 0) is 19.5 Å². The van der Waals surface area contributed by atoms with Gasteiger partial charge in [-0.2, -0.15) is 5.10 Å². The zero-order chi connectivity index (χ0) is 13.8. The highest BCUT2D eigenvalue weighted by Crippen LogP contribution is 2.22. The number of aromatic nitrogens is 3. The van der Waals surface area contributed by atoms with Crippen LogP contribution in [0.1, 0.15) is 25.2 Å². The van der Waals surface area contributed by atoms with Crippen molar-refractivity contribution in [2.24, 2.45) is 0 Å². The molecule has 0 spiro atoms. The van der Waals surface area contributed by atoms with Crippen molar-refractivity contribution in [3.63, 3.8) is 0 Å². The molecule has 19 heavy (non-hydrogen) atoms. The van der Waals surface area contributed by atoms with Gasteiger partial charge in [0.25, 0.3) is 0 Å². The highest BCUT2D eigenvalue weighted by Gasteiger charge is 2.10. The normalized spacial score (nSPS) is 10.7. The second-order valence-corrected chi connectivity index (χ2v) is 4.59. The van der Waals surface area contributed by atoms with E-state index in [0.717, 1.165) is 30.9 Å². The Morgan fingerprint density at radius 1 is 1.37 bits per heavy atom. The van der Waals surface area contributed by atoms with Gasteiger partial charge in [-0.1, -0.05) is 6.92 Å². The van der Waals surface area contributed by atoms with Gasteiger partial charge < -0.3 is 10.6 Å². The van der Waals surface area contributed by atoms with Gasteiger partial charge in [-0.25, -0.2) is 0 Å². The average Bonchev–Trinajstić information content (AvgIpc) is 2.81. The minimum absolute atomic E-state index is 0.697. The predicted octanol–water partition coefficient (Wildman–Crippen LogP) is 2.08. The lowest BCUT2D eigenvalue weighted by Crippen LogP contribution is -2.20. The summed E-state index contributed by atoms with van der Waals surface area (Å²) in [5, 5.41) is 4.56. The number of pyridine rings is 1. The Balaban J connectivity index is 2.21. The van der Waals surface area contributed by atoms with Gasteiger partial charge in [0.05, 0.1) is 35.5 Å². The topological polar surface area (TPSA) is 60.0 Å². The molecule has 0 aliphatic carbocycles. The molecule has 0 unspecified atom stereocenters. The number of hydrogen-bond acceptors (Lipinski definition) is 4. The summed E-state index contributed by atoms with van der Waals surface area (Å²) in [4.78, 5) is 6.14. The Labute approximate surface area is 114 Å². The average molecular weight is 259 g/mol. The van der Waals surface area contributed by atoms with Crippen LogP contribution < -0.4 is 10.6 Å². The Morgan fingerprint density at radius 3 is 2.79 bits per heavy atom. The van der Waals surface area contributed by atoms with Crippen molar-refractivity contribution in [3.8, 4) is 0 Å². The Morgan fingerprint density at radius 2 is 2.16 bits per heavy atom. The quantitative estimate of drug-likeness (QED) is 0.893. The first-order chi connectivity index (χ1) is 9.15. The highest BCUT2D eigenvalue weighted by atomic mass is 15.3. The van der Waals surface area contributed by atoms with Crippen molar-refractivity contribution in [1.29, 1.82) is 0 Å². The summed E-state index contributed by atoms with van der Waals surface area (Å²) in [5.41, 5.74) is 9.98. The molecule has 0 bridgehead atoms. The van der Waals surface area contributed by atoms with Crippen LogP contribution in [0.2, 0.25) is 0 Å². The van der Waals surface area contributed by atoms with Crippen LogP contribution >= 0.6 is 0 Å². The van der Waals surface area contributed by atoms with E-state index < -0.39 is 0 Å². The summed E-state index contributed by atoms with van der Waals surface area (Å²) in [5.74, 6) is 0. The van der Waals surface area contributed by atoms with Gasteiger partial charge in [-0.15, -0.1) is 0 Å². The predicted molar refractivity (Wildman–Crippen MR) is 78.0 cm³/mol. The van der Waals surface area contributed by atoms with Gasteiger partial charge in [-0.05, 0) is 25.5 Å². The minimum atomic E-state index is 0.697. The van der Waals surface area contributed by atoms with Crippen molar-refractivity contribution in [3.05, 3.63) is 35.9 Å². The summed E-state index contributed by atoms with van der Waals surface area (Å²) in [6.07, 6.45) is 4.40. The van der Waals surface area contributed by atoms with E-state index in [9.17, 15) is 0 Å². The molecule has 2 rings (SSSR count). The van der Waals surface area contributed by atoms with E-state index in [4.69, 9.17) is 5.73 Å². The maximum Gasteiger partial charge on any atom is 0.0738 e. The molecule has 0 atom stereocenters. The van der Waals surface area contributed by atoms with Crippen LogP contribution in [0.3, 0.4) is 0 Å². The van der Waals surface area contributed by atoms with E-state index in [1.54, 1.807) is 12.4 Å². The van der Waals surface area contributed by atoms with Crippen molar-refractivity contribution in [1.82, 2.24) is 14.8 Å². The molecule has 0 aliphatic heterocycles. The molecule has 0 amide bonds. The molecule has 2 N–H and O–H groups in total. The molecule has 0 saturated heterocycles. The Bertz CT molecular complexity index is 547. The highest BCUT2D eigenvalue weighted by molar-refractivity contribution is 5.65. The third kappa shape index (κ3) is 2.86. The lowest BCUT2D eigenvalue weighted by atomic mass is 10.2. The second kappa shape index (κ2) is 5.73. The molecule has 2 aromatic heterocycles. The van der Waals surface area contributed by atoms with E-state index in [2.05, 4.69) is 34.9 Å². The van der Waals surface area contributed by atoms with E-state index in [-0.39, 0.29) is 0 Å². The first-order valence-corrected chi connectivity index (χ1v) is 6.61. The largest absolute Gasteiger partial charge is 0.396 e. The van der Waals surface area contributed by atoms with Gasteiger partial charge >= 0.3 is 0 Å². The third-order valence-electron chi connectivity index (χ3n) is 3.21. The number of hydrogen-bond donors (Lipinski definition) is 1. The maximum absolute atomic E-state index is 5.95. The monoisotopic (exact) mass is 259 g/mol. The van der Waals surface area contributed by atoms with E-state index in [1.807, 2.05) is 17.8 Å². The summed E-state index contributed by atoms with van der Waals surface area (Å²) < 4.78 is 2.05. The van der Waals surface area contributed by atoms with E-state index >= 15 is 0 Å². The second-order valence-electron chi connectivity index (χ2n) is 4.59. The van der Waals surface area contributed by atoms with Gasteiger partial charge in [0, 0.05) is 19.8 Å². The van der Waals surface area contributed by atoms with E-state index in [0.29, 0.717) is 5.69 Å². The van der Waals surface area contributed by atoms with Crippen LogP contribution in [0.4, 0.5) is 11.4 Å². The molecule has 2 aromatic rings. The van der Waals surface area contributed by atoms with Gasteiger partial charge in [0.1, 0.15) is 0 Å². The maximum atomic E-state index is 5.95. The van der Waals surface area contributed by atoms with Crippen molar-refractivity contribution >= 4 is 11.4 Å². The fourth-order valence-corrected chi connectivity index (χ4v) is 2.16. The number of nitrogens with zero attached hydrogens (tertiary/aromatic N) is 4. The smallest absolute Gasteiger partial charge is 0.0738 e. The van der Waals surface area contributed by atoms with E-state index in [1.165, 1.54) is 5.69 Å². The molecule has 0 aromatic carbocycles. The van der Waals surface area contributed by atoms with Crippen molar-refractivity contribution < 1.29 is 0 Å². The van der Waals surface area contributed by atoms with Crippen LogP contribution in [0.15, 0.2) is 24.5 Å². The Hall–Kier alpha value is -2.04. The molecule has 5 heteroatoms. The molecule has 0 fully saturated rings. The Kier molecular flexibility index (Phi) is 4.04. The van der Waals surface area contributed by atoms with Crippen LogP contribution in [0.5, 0.6) is 0 Å². The molecule has 5 nitrogen and oxygen atoms in total. The molecule has 2 heterocycles. The summed E-state index contributed by atoms with van der Waals surface area (Å²) in [7, 11) is 2.03. The lowest BCUT2D eigenvalue weighted by molar-refractivity contribution is 0.610. The fraction of sp³-hybridized carbons (Fsp3) is 0.429. The van der Waals surface area contributed by atoms with Gasteiger partial charge in [0.15, 0.2) is 0 Å². The molecule has 0 saturated carbocycles. The molecule has 102 valence electrons. The van der Waals surface area contributed by atoms with Crippen LogP contribution in [-0.4, -0.2) is 21.8 Å². The number of nitrogens with two attached hydrogens (primary N) is 1. The number of anilines is 2. The van der Waals surface area contributed by atoms with Crippen LogP contribution in [0.25, 0.3) is 0 Å². The first-order valence-electron chi connectivity index (χ1n) is 6.61. The SMILES string of the molecule is CCc1cc(CN(C)c2ccncc2N)n(CC)n1. The molecular weight excluding hydrogens is 238 g/mol. The standard InChI is InChI=1S/C14H21N5/c1-4-11-8-12(19(5-2)17-11)10-18(3)14-6-7-16-9-13(14)15/h6-9H,4-5,10,15H2,1-3H3. The first kappa shape index (κ1) is 13.4. The van der Waals surface area contributed by atoms with Crippen molar-refractivity contribution in [2.75, 3.05) is 17.7 Å². The minimum Gasteiger partial charge on any atom is -0.396 e. The summed E-state index contributed by atoms with van der Waals surface area (Å²) >= 11 is 0. The number of rotatable bonds is 5. The third-order valence-corrected chi connectivity index (χ3v) is 3.21. The summed E-state index contributed by atoms with van der Waals surface area (Å²) in [6, 6.07) is 4.10. The number of nitrogen functional groups attached to an aromatic ring is 1. The zero-order valence-corrected chi connectivity index (χ0v) is 11.8. The molecule has 0 aliphatic rings. The zero-order valence-electron chi connectivity index (χ0n) is 11.8. The van der Waals surface area contributed by atoms with Gasteiger partial charge in [-0.3, -0.25) is 9.67 Å². The van der Waals surface area contributed by atoms with Gasteiger partial charge in [0.2, 0.25) is 0 Å². The van der Waals surface area contributed by atoms with Crippen molar-refractivity contribution in [2.45, 2.75) is 33.4 Å². The molecule has 0 radical (unpaired) electrons. The summed E-state index contributed by atoms with van der Waals surface area (Å²) in [6.45, 7) is 5.90.